The summed E-state index contributed by atoms with van der Waals surface area (Å²) < 4.78 is 13.1. The van der Waals surface area contributed by atoms with Gasteiger partial charge in [-0.25, -0.2) is 4.39 Å². The predicted octanol–water partition coefficient (Wildman–Crippen LogP) is 2.03. The van der Waals surface area contributed by atoms with E-state index >= 15 is 0 Å². The van der Waals surface area contributed by atoms with Crippen LogP contribution < -0.4 is 5.73 Å². The fraction of sp³-hybridized carbons (Fsp3) is 0.417. The molecule has 4 heteroatoms. The Hall–Kier alpha value is -1.58. The van der Waals surface area contributed by atoms with E-state index in [1.54, 1.807) is 4.90 Å². The van der Waals surface area contributed by atoms with E-state index in [0.717, 1.165) is 32.4 Å². The zero-order valence-corrected chi connectivity index (χ0v) is 9.08. The van der Waals surface area contributed by atoms with Gasteiger partial charge in [0, 0.05) is 24.3 Å². The van der Waals surface area contributed by atoms with Crippen molar-refractivity contribution in [2.45, 2.75) is 19.3 Å². The standard InChI is InChI=1S/C12H15FN2O/c13-10-6-9(7-11(14)8-10)12(16)15-4-2-1-3-5-15/h6-8H,1-5,14H2. The zero-order chi connectivity index (χ0) is 11.5. The third-order valence-corrected chi connectivity index (χ3v) is 2.81. The van der Waals surface area contributed by atoms with Gasteiger partial charge in [-0.3, -0.25) is 4.79 Å². The highest BCUT2D eigenvalue weighted by atomic mass is 19.1. The number of nitrogens with two attached hydrogens (primary N) is 1. The van der Waals surface area contributed by atoms with Gasteiger partial charge in [-0.2, -0.15) is 0 Å². The molecule has 1 aliphatic heterocycles. The van der Waals surface area contributed by atoms with Crippen molar-refractivity contribution in [2.75, 3.05) is 18.8 Å². The van der Waals surface area contributed by atoms with Gasteiger partial charge in [-0.1, -0.05) is 0 Å². The number of nitrogens with zero attached hydrogens (tertiary/aromatic N) is 1. The number of hydrogen-bond donors (Lipinski definition) is 1. The van der Waals surface area contributed by atoms with Crippen LogP contribution in [0.4, 0.5) is 10.1 Å². The maximum atomic E-state index is 13.1. The van der Waals surface area contributed by atoms with Crippen LogP contribution in [0.25, 0.3) is 0 Å². The number of piperidine rings is 1. The number of rotatable bonds is 1. The molecule has 1 aliphatic rings. The number of hydrogen-bond acceptors (Lipinski definition) is 2. The molecule has 0 saturated carbocycles. The highest BCUT2D eigenvalue weighted by Gasteiger charge is 2.18. The molecule has 0 spiro atoms. The van der Waals surface area contributed by atoms with E-state index in [1.807, 2.05) is 0 Å². The molecule has 0 unspecified atom stereocenters. The predicted molar refractivity (Wildman–Crippen MR) is 60.6 cm³/mol. The molecular formula is C12H15FN2O. The van der Waals surface area contributed by atoms with Crippen molar-refractivity contribution in [3.63, 3.8) is 0 Å². The van der Waals surface area contributed by atoms with E-state index < -0.39 is 5.82 Å². The number of halogens is 1. The lowest BCUT2D eigenvalue weighted by Gasteiger charge is -2.26. The molecule has 16 heavy (non-hydrogen) atoms. The number of benzene rings is 1. The van der Waals surface area contributed by atoms with Crippen LogP contribution in [-0.2, 0) is 0 Å². The van der Waals surface area contributed by atoms with Crippen LogP contribution in [0, 0.1) is 5.82 Å². The molecule has 1 saturated heterocycles. The Morgan fingerprint density at radius 1 is 1.19 bits per heavy atom. The van der Waals surface area contributed by atoms with E-state index in [2.05, 4.69) is 0 Å². The lowest BCUT2D eigenvalue weighted by atomic mass is 10.1. The highest BCUT2D eigenvalue weighted by molar-refractivity contribution is 5.95. The topological polar surface area (TPSA) is 46.3 Å². The number of anilines is 1. The van der Waals surface area contributed by atoms with Gasteiger partial charge in [0.15, 0.2) is 0 Å². The van der Waals surface area contributed by atoms with Crippen LogP contribution in [0.3, 0.4) is 0 Å². The second-order valence-corrected chi connectivity index (χ2v) is 4.13. The van der Waals surface area contributed by atoms with Crippen LogP contribution >= 0.6 is 0 Å². The van der Waals surface area contributed by atoms with Crippen molar-refractivity contribution in [1.29, 1.82) is 0 Å². The molecular weight excluding hydrogens is 207 g/mol. The Labute approximate surface area is 94.0 Å². The van der Waals surface area contributed by atoms with Crippen LogP contribution in [0.15, 0.2) is 18.2 Å². The van der Waals surface area contributed by atoms with Crippen molar-refractivity contribution in [3.8, 4) is 0 Å². The van der Waals surface area contributed by atoms with E-state index in [4.69, 9.17) is 5.73 Å². The van der Waals surface area contributed by atoms with Crippen LogP contribution in [0.2, 0.25) is 0 Å². The van der Waals surface area contributed by atoms with Crippen molar-refractivity contribution in [2.24, 2.45) is 0 Å². The molecule has 3 nitrogen and oxygen atoms in total. The van der Waals surface area contributed by atoms with Gasteiger partial charge in [0.25, 0.3) is 5.91 Å². The van der Waals surface area contributed by atoms with E-state index in [0.29, 0.717) is 11.3 Å². The second kappa shape index (κ2) is 4.51. The monoisotopic (exact) mass is 222 g/mol. The average molecular weight is 222 g/mol. The van der Waals surface area contributed by atoms with E-state index in [1.165, 1.54) is 18.2 Å². The van der Waals surface area contributed by atoms with Gasteiger partial charge in [-0.05, 0) is 37.5 Å². The summed E-state index contributed by atoms with van der Waals surface area (Å²) in [5.74, 6) is -0.578. The second-order valence-electron chi connectivity index (χ2n) is 4.13. The summed E-state index contributed by atoms with van der Waals surface area (Å²) in [7, 11) is 0. The van der Waals surface area contributed by atoms with E-state index in [9.17, 15) is 9.18 Å². The summed E-state index contributed by atoms with van der Waals surface area (Å²) >= 11 is 0. The van der Waals surface area contributed by atoms with Gasteiger partial charge < -0.3 is 10.6 Å². The molecule has 2 N–H and O–H groups in total. The van der Waals surface area contributed by atoms with Crippen LogP contribution in [-0.4, -0.2) is 23.9 Å². The molecule has 1 heterocycles. The third-order valence-electron chi connectivity index (χ3n) is 2.81. The maximum Gasteiger partial charge on any atom is 0.254 e. The summed E-state index contributed by atoms with van der Waals surface area (Å²) in [5, 5.41) is 0. The van der Waals surface area contributed by atoms with Gasteiger partial charge in [0.1, 0.15) is 5.82 Å². The Balaban J connectivity index is 2.19. The normalized spacial score (nSPS) is 16.2. The number of carbonyl (C=O) groups is 1. The quantitative estimate of drug-likeness (QED) is 0.739. The molecule has 86 valence electrons. The number of likely N-dealkylation sites (tertiary alicyclic amines) is 1. The van der Waals surface area contributed by atoms with Crippen LogP contribution in [0.1, 0.15) is 29.6 Å². The largest absolute Gasteiger partial charge is 0.399 e. The van der Waals surface area contributed by atoms with Crippen LogP contribution in [0.5, 0.6) is 0 Å². The van der Waals surface area contributed by atoms with Gasteiger partial charge in [-0.15, -0.1) is 0 Å². The molecule has 2 rings (SSSR count). The minimum Gasteiger partial charge on any atom is -0.399 e. The minimum atomic E-state index is -0.458. The third kappa shape index (κ3) is 2.32. The number of nitrogen functional groups attached to an aromatic ring is 1. The van der Waals surface area contributed by atoms with Crippen molar-refractivity contribution >= 4 is 11.6 Å². The zero-order valence-electron chi connectivity index (χ0n) is 9.08. The number of carbonyl (C=O) groups excluding carboxylic acids is 1. The molecule has 0 radical (unpaired) electrons. The smallest absolute Gasteiger partial charge is 0.254 e. The summed E-state index contributed by atoms with van der Waals surface area (Å²) in [4.78, 5) is 13.8. The van der Waals surface area contributed by atoms with Gasteiger partial charge in [0.05, 0.1) is 0 Å². The van der Waals surface area contributed by atoms with Crippen molar-refractivity contribution < 1.29 is 9.18 Å². The molecule has 1 aromatic rings. The lowest BCUT2D eigenvalue weighted by Crippen LogP contribution is -2.35. The van der Waals surface area contributed by atoms with Gasteiger partial charge >= 0.3 is 0 Å². The first-order valence-electron chi connectivity index (χ1n) is 5.52. The Morgan fingerprint density at radius 3 is 2.50 bits per heavy atom. The Bertz CT molecular complexity index is 380. The highest BCUT2D eigenvalue weighted by Crippen LogP contribution is 2.16. The van der Waals surface area contributed by atoms with Gasteiger partial charge in [0.2, 0.25) is 0 Å². The Morgan fingerprint density at radius 2 is 1.88 bits per heavy atom. The molecule has 0 atom stereocenters. The molecule has 1 amide bonds. The molecule has 0 bridgehead atoms. The maximum absolute atomic E-state index is 13.1. The van der Waals surface area contributed by atoms with Crippen molar-refractivity contribution in [3.05, 3.63) is 29.6 Å². The first-order chi connectivity index (χ1) is 7.66. The van der Waals surface area contributed by atoms with Crippen molar-refractivity contribution in [1.82, 2.24) is 4.90 Å². The molecule has 1 fully saturated rings. The SMILES string of the molecule is Nc1cc(F)cc(C(=O)N2CCCCC2)c1. The first kappa shape index (κ1) is 10.9. The fourth-order valence-corrected chi connectivity index (χ4v) is 2.02. The summed E-state index contributed by atoms with van der Waals surface area (Å²) in [6, 6.07) is 3.99. The minimum absolute atomic E-state index is 0.120. The lowest BCUT2D eigenvalue weighted by molar-refractivity contribution is 0.0724. The molecule has 0 aliphatic carbocycles. The fourth-order valence-electron chi connectivity index (χ4n) is 2.02. The first-order valence-corrected chi connectivity index (χ1v) is 5.52. The molecule has 0 aromatic heterocycles. The summed E-state index contributed by atoms with van der Waals surface area (Å²) in [6.45, 7) is 1.52. The Kier molecular flexibility index (Phi) is 3.08. The van der Waals surface area contributed by atoms with E-state index in [-0.39, 0.29) is 5.91 Å². The summed E-state index contributed by atoms with van der Waals surface area (Å²) in [5.41, 5.74) is 6.15. The molecule has 1 aromatic carbocycles. The number of amides is 1. The average Bonchev–Trinajstić information content (AvgIpc) is 2.28. The summed E-state index contributed by atoms with van der Waals surface area (Å²) in [6.07, 6.45) is 3.21.